The molecule has 1 unspecified atom stereocenters. The van der Waals surface area contributed by atoms with Crippen molar-refractivity contribution in [3.05, 3.63) is 35.2 Å². The van der Waals surface area contributed by atoms with E-state index in [9.17, 15) is 14.0 Å². The SMILES string of the molecule is O=C(O)C1CCN(C(=O)C2=Cc3cc(F)ccc3OC2)C1. The highest BCUT2D eigenvalue weighted by molar-refractivity contribution is 5.99. The highest BCUT2D eigenvalue weighted by Crippen LogP contribution is 2.28. The van der Waals surface area contributed by atoms with E-state index in [0.717, 1.165) is 0 Å². The molecule has 21 heavy (non-hydrogen) atoms. The van der Waals surface area contributed by atoms with E-state index in [-0.39, 0.29) is 19.1 Å². The molecule has 3 rings (SSSR count). The van der Waals surface area contributed by atoms with Crippen LogP contribution in [-0.2, 0) is 9.59 Å². The summed E-state index contributed by atoms with van der Waals surface area (Å²) in [4.78, 5) is 24.8. The molecule has 2 aliphatic heterocycles. The fourth-order valence-electron chi connectivity index (χ4n) is 2.62. The van der Waals surface area contributed by atoms with Crippen molar-refractivity contribution >= 4 is 18.0 Å². The van der Waals surface area contributed by atoms with Crippen molar-refractivity contribution in [1.29, 1.82) is 0 Å². The van der Waals surface area contributed by atoms with Gasteiger partial charge in [-0.3, -0.25) is 9.59 Å². The standard InChI is InChI=1S/C15H14FNO4/c16-12-1-2-13-10(6-12)5-11(8-21-13)14(18)17-4-3-9(7-17)15(19)20/h1-2,5-6,9H,3-4,7-8H2,(H,19,20). The largest absolute Gasteiger partial charge is 0.488 e. The third-order valence-corrected chi connectivity index (χ3v) is 3.78. The molecule has 0 spiro atoms. The zero-order valence-electron chi connectivity index (χ0n) is 11.2. The van der Waals surface area contributed by atoms with Crippen LogP contribution in [0.1, 0.15) is 12.0 Å². The van der Waals surface area contributed by atoms with Crippen LogP contribution >= 0.6 is 0 Å². The van der Waals surface area contributed by atoms with Crippen LogP contribution in [0.4, 0.5) is 4.39 Å². The first-order valence-electron chi connectivity index (χ1n) is 6.69. The summed E-state index contributed by atoms with van der Waals surface area (Å²) in [6, 6.07) is 4.14. The van der Waals surface area contributed by atoms with Gasteiger partial charge in [-0.2, -0.15) is 0 Å². The van der Waals surface area contributed by atoms with Crippen molar-refractivity contribution in [2.24, 2.45) is 5.92 Å². The summed E-state index contributed by atoms with van der Waals surface area (Å²) in [5.74, 6) is -1.49. The number of benzene rings is 1. The number of hydrogen-bond acceptors (Lipinski definition) is 3. The molecule has 0 aromatic heterocycles. The van der Waals surface area contributed by atoms with E-state index in [1.54, 1.807) is 6.08 Å². The number of carbonyl (C=O) groups is 2. The van der Waals surface area contributed by atoms with Gasteiger partial charge in [0.05, 0.1) is 11.5 Å². The molecule has 1 saturated heterocycles. The molecule has 1 fully saturated rings. The van der Waals surface area contributed by atoms with Crippen molar-refractivity contribution in [2.45, 2.75) is 6.42 Å². The molecule has 0 aliphatic carbocycles. The summed E-state index contributed by atoms with van der Waals surface area (Å²) in [7, 11) is 0. The van der Waals surface area contributed by atoms with Gasteiger partial charge in [0.15, 0.2) is 0 Å². The Hall–Kier alpha value is -2.37. The molecule has 0 saturated carbocycles. The number of hydrogen-bond donors (Lipinski definition) is 1. The van der Waals surface area contributed by atoms with Crippen molar-refractivity contribution in [3.63, 3.8) is 0 Å². The molecule has 1 aromatic rings. The van der Waals surface area contributed by atoms with Crippen molar-refractivity contribution in [2.75, 3.05) is 19.7 Å². The summed E-state index contributed by atoms with van der Waals surface area (Å²) in [6.07, 6.45) is 2.07. The molecule has 5 nitrogen and oxygen atoms in total. The molecule has 2 aliphatic rings. The average molecular weight is 291 g/mol. The van der Waals surface area contributed by atoms with Gasteiger partial charge in [0.2, 0.25) is 0 Å². The number of carbonyl (C=O) groups excluding carboxylic acids is 1. The first-order chi connectivity index (χ1) is 10.0. The van der Waals surface area contributed by atoms with Gasteiger partial charge < -0.3 is 14.7 Å². The van der Waals surface area contributed by atoms with E-state index in [1.165, 1.54) is 23.1 Å². The number of carboxylic acid groups (broad SMARTS) is 1. The number of carboxylic acids is 1. The minimum absolute atomic E-state index is 0.117. The lowest BCUT2D eigenvalue weighted by Crippen LogP contribution is -2.33. The lowest BCUT2D eigenvalue weighted by Gasteiger charge is -2.22. The number of ether oxygens (including phenoxy) is 1. The smallest absolute Gasteiger partial charge is 0.308 e. The highest BCUT2D eigenvalue weighted by Gasteiger charge is 2.32. The molecular formula is C15H14FNO4. The topological polar surface area (TPSA) is 66.8 Å². The number of rotatable bonds is 2. The van der Waals surface area contributed by atoms with E-state index in [2.05, 4.69) is 0 Å². The van der Waals surface area contributed by atoms with Crippen LogP contribution in [0.2, 0.25) is 0 Å². The fourth-order valence-corrected chi connectivity index (χ4v) is 2.62. The van der Waals surface area contributed by atoms with Gasteiger partial charge in [0, 0.05) is 18.7 Å². The van der Waals surface area contributed by atoms with Crippen molar-refractivity contribution in [3.8, 4) is 5.75 Å². The van der Waals surface area contributed by atoms with Crippen LogP contribution in [0.25, 0.3) is 6.08 Å². The van der Waals surface area contributed by atoms with E-state index >= 15 is 0 Å². The Morgan fingerprint density at radius 1 is 1.38 bits per heavy atom. The normalized spacial score (nSPS) is 20.5. The van der Waals surface area contributed by atoms with Gasteiger partial charge in [-0.1, -0.05) is 0 Å². The summed E-state index contributed by atoms with van der Waals surface area (Å²) >= 11 is 0. The molecule has 0 bridgehead atoms. The van der Waals surface area contributed by atoms with E-state index in [4.69, 9.17) is 9.84 Å². The third-order valence-electron chi connectivity index (χ3n) is 3.78. The minimum Gasteiger partial charge on any atom is -0.488 e. The predicted octanol–water partition coefficient (Wildman–Crippen LogP) is 1.53. The zero-order chi connectivity index (χ0) is 15.0. The van der Waals surface area contributed by atoms with Gasteiger partial charge in [-0.15, -0.1) is 0 Å². The minimum atomic E-state index is -0.883. The maximum Gasteiger partial charge on any atom is 0.308 e. The van der Waals surface area contributed by atoms with Crippen LogP contribution in [0, 0.1) is 11.7 Å². The summed E-state index contributed by atoms with van der Waals surface area (Å²) in [5, 5.41) is 8.96. The molecule has 1 atom stereocenters. The number of nitrogens with zero attached hydrogens (tertiary/aromatic N) is 1. The Kier molecular flexibility index (Phi) is 3.37. The third kappa shape index (κ3) is 2.61. The van der Waals surface area contributed by atoms with Gasteiger partial charge >= 0.3 is 5.97 Å². The molecule has 1 N–H and O–H groups in total. The lowest BCUT2D eigenvalue weighted by molar-refractivity contribution is -0.141. The predicted molar refractivity (Wildman–Crippen MR) is 72.2 cm³/mol. The molecule has 0 radical (unpaired) electrons. The van der Waals surface area contributed by atoms with Crippen LogP contribution in [0.15, 0.2) is 23.8 Å². The number of fused-ring (bicyclic) bond motifs is 1. The second kappa shape index (κ2) is 5.20. The monoisotopic (exact) mass is 291 g/mol. The van der Waals surface area contributed by atoms with E-state index in [1.807, 2.05) is 0 Å². The molecule has 1 aromatic carbocycles. The number of likely N-dealkylation sites (tertiary alicyclic amines) is 1. The van der Waals surface area contributed by atoms with Crippen LogP contribution in [-0.4, -0.2) is 41.6 Å². The average Bonchev–Trinajstić information content (AvgIpc) is 2.95. The van der Waals surface area contributed by atoms with Crippen LogP contribution < -0.4 is 4.74 Å². The second-order valence-electron chi connectivity index (χ2n) is 5.22. The van der Waals surface area contributed by atoms with Gasteiger partial charge in [-0.25, -0.2) is 4.39 Å². The molecule has 2 heterocycles. The summed E-state index contributed by atoms with van der Waals surface area (Å²) < 4.78 is 18.7. The van der Waals surface area contributed by atoms with Crippen LogP contribution in [0.3, 0.4) is 0 Å². The summed E-state index contributed by atoms with van der Waals surface area (Å²) in [5.41, 5.74) is 0.942. The number of amides is 1. The maximum atomic E-state index is 13.2. The fraction of sp³-hybridized carbons (Fsp3) is 0.333. The first-order valence-corrected chi connectivity index (χ1v) is 6.69. The van der Waals surface area contributed by atoms with Crippen molar-refractivity contribution in [1.82, 2.24) is 4.90 Å². The number of halogens is 1. The Morgan fingerprint density at radius 3 is 2.90 bits per heavy atom. The molecule has 110 valence electrons. The molecular weight excluding hydrogens is 277 g/mol. The second-order valence-corrected chi connectivity index (χ2v) is 5.22. The van der Waals surface area contributed by atoms with E-state index < -0.39 is 17.7 Å². The Morgan fingerprint density at radius 2 is 2.19 bits per heavy atom. The summed E-state index contributed by atoms with van der Waals surface area (Å²) in [6.45, 7) is 0.746. The lowest BCUT2D eigenvalue weighted by atomic mass is 10.1. The highest BCUT2D eigenvalue weighted by atomic mass is 19.1. The van der Waals surface area contributed by atoms with Gasteiger partial charge in [0.25, 0.3) is 5.91 Å². The van der Waals surface area contributed by atoms with Crippen molar-refractivity contribution < 1.29 is 23.8 Å². The Labute approximate surface area is 120 Å². The maximum absolute atomic E-state index is 13.2. The zero-order valence-corrected chi connectivity index (χ0v) is 11.2. The number of aliphatic carboxylic acids is 1. The molecule has 1 amide bonds. The quantitative estimate of drug-likeness (QED) is 0.897. The van der Waals surface area contributed by atoms with E-state index in [0.29, 0.717) is 29.9 Å². The Balaban J connectivity index is 1.79. The van der Waals surface area contributed by atoms with Gasteiger partial charge in [-0.05, 0) is 30.7 Å². The molecule has 6 heteroatoms. The first kappa shape index (κ1) is 13.6. The Bertz CT molecular complexity index is 641. The van der Waals surface area contributed by atoms with Gasteiger partial charge in [0.1, 0.15) is 18.2 Å². The van der Waals surface area contributed by atoms with Crippen LogP contribution in [0.5, 0.6) is 5.75 Å².